The molecule has 120 valence electrons. The molecule has 2 heteroatoms. The molecule has 0 N–H and O–H groups in total. The largest absolute Gasteiger partial charge is 0.303 e. The molecule has 3 rings (SSSR count). The minimum absolute atomic E-state index is 0.399. The van der Waals surface area contributed by atoms with Gasteiger partial charge in [-0.15, -0.1) is 0 Å². The summed E-state index contributed by atoms with van der Waals surface area (Å²) in [6.07, 6.45) is 15.8. The molecule has 21 heavy (non-hydrogen) atoms. The van der Waals surface area contributed by atoms with Gasteiger partial charge in [-0.1, -0.05) is 38.5 Å². The van der Waals surface area contributed by atoms with Crippen molar-refractivity contribution in [1.29, 1.82) is 0 Å². The summed E-state index contributed by atoms with van der Waals surface area (Å²) in [7, 11) is 0. The van der Waals surface area contributed by atoms with Crippen molar-refractivity contribution in [2.75, 3.05) is 19.6 Å². The van der Waals surface area contributed by atoms with Crippen LogP contribution in [0.1, 0.15) is 77.0 Å². The van der Waals surface area contributed by atoms with E-state index in [1.807, 2.05) is 0 Å². The van der Waals surface area contributed by atoms with Gasteiger partial charge in [0, 0.05) is 18.4 Å². The van der Waals surface area contributed by atoms with E-state index in [1.165, 1.54) is 83.8 Å². The average Bonchev–Trinajstić information content (AvgIpc) is 2.57. The van der Waals surface area contributed by atoms with Crippen LogP contribution >= 0.6 is 0 Å². The predicted molar refractivity (Wildman–Crippen MR) is 87.3 cm³/mol. The van der Waals surface area contributed by atoms with E-state index in [4.69, 9.17) is 0 Å². The van der Waals surface area contributed by atoms with Crippen molar-refractivity contribution in [1.82, 2.24) is 4.90 Å². The predicted octanol–water partition coefficient (Wildman–Crippen LogP) is 4.43. The molecule has 0 spiro atoms. The molecule has 2 saturated carbocycles. The summed E-state index contributed by atoms with van der Waals surface area (Å²) < 4.78 is 0. The Hall–Kier alpha value is -0.370. The topological polar surface area (TPSA) is 20.3 Å². The molecule has 1 saturated heterocycles. The van der Waals surface area contributed by atoms with Gasteiger partial charge >= 0.3 is 0 Å². The Balaban J connectivity index is 1.40. The fourth-order valence-corrected chi connectivity index (χ4v) is 4.86. The van der Waals surface area contributed by atoms with Gasteiger partial charge in [0.25, 0.3) is 0 Å². The molecule has 0 amide bonds. The van der Waals surface area contributed by atoms with Crippen molar-refractivity contribution in [2.24, 2.45) is 17.8 Å². The summed E-state index contributed by atoms with van der Waals surface area (Å²) in [5.74, 6) is 2.40. The highest BCUT2D eigenvalue weighted by Crippen LogP contribution is 2.31. The fraction of sp³-hybridized carbons (Fsp3) is 0.947. The SMILES string of the molecule is O=C(C1CCCCC1)C1CCN(CC2CCCCC2)CC1. The molecule has 2 nitrogen and oxygen atoms in total. The van der Waals surface area contributed by atoms with Crippen LogP contribution in [0.3, 0.4) is 0 Å². The monoisotopic (exact) mass is 291 g/mol. The van der Waals surface area contributed by atoms with E-state index in [9.17, 15) is 4.79 Å². The highest BCUT2D eigenvalue weighted by molar-refractivity contribution is 5.83. The number of piperidine rings is 1. The van der Waals surface area contributed by atoms with Crippen LogP contribution in [0.2, 0.25) is 0 Å². The molecule has 0 aromatic rings. The van der Waals surface area contributed by atoms with Gasteiger partial charge in [-0.2, -0.15) is 0 Å². The lowest BCUT2D eigenvalue weighted by Gasteiger charge is -2.36. The van der Waals surface area contributed by atoms with Crippen molar-refractivity contribution in [3.05, 3.63) is 0 Å². The van der Waals surface area contributed by atoms with Crippen LogP contribution in [0.15, 0.2) is 0 Å². The van der Waals surface area contributed by atoms with Crippen LogP contribution in [-0.4, -0.2) is 30.3 Å². The average molecular weight is 291 g/mol. The molecule has 3 aliphatic rings. The van der Waals surface area contributed by atoms with Crippen LogP contribution in [0, 0.1) is 17.8 Å². The zero-order chi connectivity index (χ0) is 14.5. The van der Waals surface area contributed by atoms with Crippen molar-refractivity contribution in [3.63, 3.8) is 0 Å². The van der Waals surface area contributed by atoms with Crippen LogP contribution in [-0.2, 0) is 4.79 Å². The van der Waals surface area contributed by atoms with Gasteiger partial charge in [0.15, 0.2) is 0 Å². The van der Waals surface area contributed by atoms with Crippen molar-refractivity contribution < 1.29 is 4.79 Å². The summed E-state index contributed by atoms with van der Waals surface area (Å²) in [6.45, 7) is 3.67. The Kier molecular flexibility index (Phi) is 5.74. The van der Waals surface area contributed by atoms with E-state index in [1.54, 1.807) is 0 Å². The van der Waals surface area contributed by atoms with Gasteiger partial charge in [0.1, 0.15) is 5.78 Å². The molecule has 0 unspecified atom stereocenters. The number of rotatable bonds is 4. The van der Waals surface area contributed by atoms with E-state index in [0.717, 1.165) is 18.8 Å². The summed E-state index contributed by atoms with van der Waals surface area (Å²) in [5, 5.41) is 0. The molecular weight excluding hydrogens is 258 g/mol. The lowest BCUT2D eigenvalue weighted by atomic mass is 9.78. The maximum Gasteiger partial charge on any atom is 0.139 e. The van der Waals surface area contributed by atoms with E-state index in [2.05, 4.69) is 4.90 Å². The normalized spacial score (nSPS) is 27.8. The third-order valence-electron chi connectivity index (χ3n) is 6.24. The Bertz CT molecular complexity index is 320. The number of nitrogens with zero attached hydrogens (tertiary/aromatic N) is 1. The van der Waals surface area contributed by atoms with Gasteiger partial charge in [0.05, 0.1) is 0 Å². The van der Waals surface area contributed by atoms with Crippen molar-refractivity contribution in [2.45, 2.75) is 77.0 Å². The highest BCUT2D eigenvalue weighted by atomic mass is 16.1. The molecule has 0 bridgehead atoms. The summed E-state index contributed by atoms with van der Waals surface area (Å²) >= 11 is 0. The number of hydrogen-bond acceptors (Lipinski definition) is 2. The molecule has 0 radical (unpaired) electrons. The highest BCUT2D eigenvalue weighted by Gasteiger charge is 2.31. The maximum absolute atomic E-state index is 12.6. The van der Waals surface area contributed by atoms with Gasteiger partial charge in [-0.05, 0) is 57.5 Å². The first-order valence-corrected chi connectivity index (χ1v) is 9.59. The third kappa shape index (κ3) is 4.31. The van der Waals surface area contributed by atoms with E-state index < -0.39 is 0 Å². The second-order valence-electron chi connectivity index (χ2n) is 7.82. The number of carbonyl (C=O) groups excluding carboxylic acids is 1. The van der Waals surface area contributed by atoms with Crippen LogP contribution in [0.5, 0.6) is 0 Å². The Morgan fingerprint density at radius 2 is 1.24 bits per heavy atom. The van der Waals surface area contributed by atoms with Gasteiger partial charge in [0.2, 0.25) is 0 Å². The molecule has 1 aliphatic heterocycles. The van der Waals surface area contributed by atoms with E-state index in [-0.39, 0.29) is 0 Å². The van der Waals surface area contributed by atoms with Crippen LogP contribution in [0.25, 0.3) is 0 Å². The molecule has 3 fully saturated rings. The fourth-order valence-electron chi connectivity index (χ4n) is 4.86. The first-order chi connectivity index (χ1) is 10.3. The smallest absolute Gasteiger partial charge is 0.139 e. The van der Waals surface area contributed by atoms with Crippen molar-refractivity contribution in [3.8, 4) is 0 Å². The summed E-state index contributed by atoms with van der Waals surface area (Å²) in [5.41, 5.74) is 0. The minimum Gasteiger partial charge on any atom is -0.303 e. The molecule has 2 aliphatic carbocycles. The Labute approximate surface area is 130 Å². The number of ketones is 1. The second kappa shape index (κ2) is 7.76. The molecular formula is C19H33NO. The van der Waals surface area contributed by atoms with Crippen molar-refractivity contribution >= 4 is 5.78 Å². The first kappa shape index (κ1) is 15.5. The molecule has 0 aromatic heterocycles. The maximum atomic E-state index is 12.6. The first-order valence-electron chi connectivity index (χ1n) is 9.59. The van der Waals surface area contributed by atoms with E-state index >= 15 is 0 Å². The minimum atomic E-state index is 0.399. The van der Waals surface area contributed by atoms with E-state index in [0.29, 0.717) is 17.6 Å². The molecule has 0 atom stereocenters. The zero-order valence-electron chi connectivity index (χ0n) is 13.7. The Morgan fingerprint density at radius 3 is 1.86 bits per heavy atom. The third-order valence-corrected chi connectivity index (χ3v) is 6.24. The lowest BCUT2D eigenvalue weighted by molar-refractivity contribution is -0.129. The second-order valence-corrected chi connectivity index (χ2v) is 7.82. The Morgan fingerprint density at radius 1 is 0.714 bits per heavy atom. The zero-order valence-corrected chi connectivity index (χ0v) is 13.7. The number of likely N-dealkylation sites (tertiary alicyclic amines) is 1. The standard InChI is InChI=1S/C19H33NO/c21-19(17-9-5-2-6-10-17)18-11-13-20(14-12-18)15-16-7-3-1-4-8-16/h16-18H,1-15H2. The van der Waals surface area contributed by atoms with Gasteiger partial charge in [-0.3, -0.25) is 4.79 Å². The number of hydrogen-bond donors (Lipinski definition) is 0. The van der Waals surface area contributed by atoms with Gasteiger partial charge in [-0.25, -0.2) is 0 Å². The number of carbonyl (C=O) groups is 1. The van der Waals surface area contributed by atoms with Crippen LogP contribution in [0.4, 0.5) is 0 Å². The molecule has 0 aromatic carbocycles. The summed E-state index contributed by atoms with van der Waals surface area (Å²) in [4.78, 5) is 15.3. The lowest BCUT2D eigenvalue weighted by Crippen LogP contribution is -2.40. The summed E-state index contributed by atoms with van der Waals surface area (Å²) in [6, 6.07) is 0. The van der Waals surface area contributed by atoms with Crippen LogP contribution < -0.4 is 0 Å². The molecule has 1 heterocycles. The number of Topliss-reactive ketones (excluding diaryl/α,β-unsaturated/α-hetero) is 1. The quantitative estimate of drug-likeness (QED) is 0.764. The van der Waals surface area contributed by atoms with Gasteiger partial charge < -0.3 is 4.90 Å².